The molecule has 0 radical (unpaired) electrons. The molecule has 1 aromatic carbocycles. The first-order chi connectivity index (χ1) is 8.45. The van der Waals surface area contributed by atoms with Gasteiger partial charge < -0.3 is 30.0 Å². The van der Waals surface area contributed by atoms with Gasteiger partial charge in [-0.05, 0) is 39.8 Å². The maximum absolute atomic E-state index is 9.10. The maximum atomic E-state index is 9.10. The maximum Gasteiger partial charge on any atom is 0.707 e. The van der Waals surface area contributed by atoms with Gasteiger partial charge in [0.2, 0.25) is 0 Å². The lowest BCUT2D eigenvalue weighted by molar-refractivity contribution is -0.107. The molecule has 0 aliphatic carbocycles. The Morgan fingerprint density at radius 2 is 1.37 bits per heavy atom. The van der Waals surface area contributed by atoms with Crippen molar-refractivity contribution in [1.29, 1.82) is 0 Å². The molecule has 0 aliphatic rings. The predicted molar refractivity (Wildman–Crippen MR) is 71.5 cm³/mol. The number of hydrogen-bond acceptors (Lipinski definition) is 6. The Labute approximate surface area is 113 Å². The van der Waals surface area contributed by atoms with Gasteiger partial charge in [0.05, 0.1) is 11.2 Å². The molecule has 0 saturated carbocycles. The lowest BCUT2D eigenvalue weighted by Crippen LogP contribution is -2.44. The molecule has 7 heteroatoms. The number of rotatable bonds is 3. The van der Waals surface area contributed by atoms with Crippen molar-refractivity contribution in [3.8, 4) is 11.5 Å². The summed E-state index contributed by atoms with van der Waals surface area (Å²) in [5.74, 6) is -0.0805. The van der Waals surface area contributed by atoms with Crippen molar-refractivity contribution in [2.45, 2.75) is 38.9 Å². The van der Waals surface area contributed by atoms with Crippen LogP contribution < -0.4 is 4.65 Å². The van der Waals surface area contributed by atoms with E-state index in [2.05, 4.69) is 4.65 Å². The molecule has 0 bridgehead atoms. The molecule has 0 amide bonds. The van der Waals surface area contributed by atoms with E-state index in [9.17, 15) is 0 Å². The SMILES string of the molecule is CC(C)(O)C(C)(C)O.OB(O)Oc1ccccc1O. The van der Waals surface area contributed by atoms with Crippen LogP contribution in [0.5, 0.6) is 11.5 Å². The van der Waals surface area contributed by atoms with Crippen molar-refractivity contribution in [3.05, 3.63) is 24.3 Å². The van der Waals surface area contributed by atoms with Crippen LogP contribution in [0.1, 0.15) is 27.7 Å². The molecule has 0 unspecified atom stereocenters. The van der Waals surface area contributed by atoms with Crippen LogP contribution in [0, 0.1) is 0 Å². The van der Waals surface area contributed by atoms with Crippen LogP contribution in [0.3, 0.4) is 0 Å². The van der Waals surface area contributed by atoms with Crippen molar-refractivity contribution in [1.82, 2.24) is 0 Å². The fraction of sp³-hybridized carbons (Fsp3) is 0.500. The van der Waals surface area contributed by atoms with E-state index in [1.54, 1.807) is 39.8 Å². The third-order valence-corrected chi connectivity index (χ3v) is 2.59. The smallest absolute Gasteiger partial charge is 0.509 e. The Hall–Kier alpha value is -1.28. The van der Waals surface area contributed by atoms with Crippen molar-refractivity contribution in [2.75, 3.05) is 0 Å². The van der Waals surface area contributed by atoms with Gasteiger partial charge in [-0.1, -0.05) is 12.1 Å². The molecular weight excluding hydrogens is 251 g/mol. The molecule has 0 spiro atoms. The van der Waals surface area contributed by atoms with Crippen LogP contribution in [0.25, 0.3) is 0 Å². The standard InChI is InChI=1S/C6H7BO4.C6H14O2/c8-5-3-1-2-4-6(5)11-7(9)10;1-5(2,7)6(3,4)8/h1-4,8-10H;7-8H,1-4H3. The molecule has 0 heterocycles. The number of benzene rings is 1. The summed E-state index contributed by atoms with van der Waals surface area (Å²) in [5, 5.41) is 43.9. The van der Waals surface area contributed by atoms with E-state index in [1.165, 1.54) is 12.1 Å². The van der Waals surface area contributed by atoms with E-state index in [0.29, 0.717) is 0 Å². The lowest BCUT2D eigenvalue weighted by Gasteiger charge is -2.31. The van der Waals surface area contributed by atoms with Gasteiger partial charge in [0, 0.05) is 0 Å². The second-order valence-corrected chi connectivity index (χ2v) is 5.03. The zero-order valence-electron chi connectivity index (χ0n) is 11.5. The summed E-state index contributed by atoms with van der Waals surface area (Å²) in [5.41, 5.74) is -2.01. The van der Waals surface area contributed by atoms with Gasteiger partial charge in [-0.15, -0.1) is 0 Å². The van der Waals surface area contributed by atoms with Crippen molar-refractivity contribution in [2.24, 2.45) is 0 Å². The Kier molecular flexibility index (Phi) is 6.31. The Bertz CT molecular complexity index is 369. The van der Waals surface area contributed by atoms with Gasteiger partial charge in [-0.2, -0.15) is 0 Å². The first-order valence-corrected chi connectivity index (χ1v) is 5.70. The largest absolute Gasteiger partial charge is 0.707 e. The second kappa shape index (κ2) is 6.77. The minimum Gasteiger partial charge on any atom is -0.509 e. The molecule has 0 fully saturated rings. The van der Waals surface area contributed by atoms with E-state index in [4.69, 9.17) is 25.4 Å². The highest BCUT2D eigenvalue weighted by atomic mass is 16.6. The molecule has 6 nitrogen and oxygen atoms in total. The number of aliphatic hydroxyl groups is 2. The molecule has 19 heavy (non-hydrogen) atoms. The zero-order valence-corrected chi connectivity index (χ0v) is 11.5. The quantitative estimate of drug-likeness (QED) is 0.505. The average molecular weight is 272 g/mol. The van der Waals surface area contributed by atoms with Crippen LogP contribution in [0.15, 0.2) is 24.3 Å². The summed E-state index contributed by atoms with van der Waals surface area (Å²) in [6.45, 7) is 6.31. The fourth-order valence-corrected chi connectivity index (χ4v) is 0.670. The minimum atomic E-state index is -1.90. The number of para-hydroxylation sites is 2. The highest BCUT2D eigenvalue weighted by Crippen LogP contribution is 2.24. The van der Waals surface area contributed by atoms with Crippen LogP contribution >= 0.6 is 0 Å². The molecule has 108 valence electrons. The predicted octanol–water partition coefficient (Wildman–Crippen LogP) is 0.269. The molecule has 5 N–H and O–H groups in total. The first-order valence-electron chi connectivity index (χ1n) is 5.70. The molecule has 0 atom stereocenters. The van der Waals surface area contributed by atoms with Crippen molar-refractivity contribution in [3.63, 3.8) is 0 Å². The third kappa shape index (κ3) is 7.02. The van der Waals surface area contributed by atoms with Gasteiger partial charge in [-0.3, -0.25) is 0 Å². The lowest BCUT2D eigenvalue weighted by atomic mass is 9.90. The van der Waals surface area contributed by atoms with Crippen LogP contribution in [-0.4, -0.2) is 43.9 Å². The topological polar surface area (TPSA) is 110 Å². The van der Waals surface area contributed by atoms with E-state index in [1.807, 2.05) is 0 Å². The van der Waals surface area contributed by atoms with Gasteiger partial charge in [-0.25, -0.2) is 0 Å². The van der Waals surface area contributed by atoms with Gasteiger partial charge >= 0.3 is 7.32 Å². The van der Waals surface area contributed by atoms with Gasteiger partial charge in [0.25, 0.3) is 0 Å². The van der Waals surface area contributed by atoms with Crippen LogP contribution in [0.4, 0.5) is 0 Å². The summed E-state index contributed by atoms with van der Waals surface area (Å²) in [6, 6.07) is 6.02. The van der Waals surface area contributed by atoms with E-state index < -0.39 is 18.5 Å². The number of hydrogen-bond donors (Lipinski definition) is 5. The van der Waals surface area contributed by atoms with Gasteiger partial charge in [0.15, 0.2) is 5.75 Å². The summed E-state index contributed by atoms with van der Waals surface area (Å²) in [6.07, 6.45) is 0. The van der Waals surface area contributed by atoms with Gasteiger partial charge in [0.1, 0.15) is 5.75 Å². The first kappa shape index (κ1) is 17.7. The molecule has 1 rings (SSSR count). The molecule has 0 aliphatic heterocycles. The van der Waals surface area contributed by atoms with Crippen LogP contribution in [0.2, 0.25) is 0 Å². The van der Waals surface area contributed by atoms with E-state index >= 15 is 0 Å². The Morgan fingerprint density at radius 3 is 1.68 bits per heavy atom. The average Bonchev–Trinajstić information content (AvgIpc) is 2.18. The van der Waals surface area contributed by atoms with Crippen molar-refractivity contribution >= 4 is 7.32 Å². The summed E-state index contributed by atoms with van der Waals surface area (Å²) in [7, 11) is -1.90. The molecular formula is C12H21BO6. The monoisotopic (exact) mass is 272 g/mol. The fourth-order valence-electron chi connectivity index (χ4n) is 0.670. The van der Waals surface area contributed by atoms with E-state index in [-0.39, 0.29) is 11.5 Å². The third-order valence-electron chi connectivity index (χ3n) is 2.59. The second-order valence-electron chi connectivity index (χ2n) is 5.03. The number of phenols is 1. The summed E-state index contributed by atoms with van der Waals surface area (Å²) in [4.78, 5) is 0. The normalized spacial score (nSPS) is 11.4. The highest BCUT2D eigenvalue weighted by Gasteiger charge is 2.31. The minimum absolute atomic E-state index is 0.0440. The molecule has 0 aromatic heterocycles. The summed E-state index contributed by atoms with van der Waals surface area (Å²) >= 11 is 0. The van der Waals surface area contributed by atoms with E-state index in [0.717, 1.165) is 0 Å². The molecule has 1 aromatic rings. The highest BCUT2D eigenvalue weighted by molar-refractivity contribution is 6.33. The molecule has 0 saturated heterocycles. The Balaban J connectivity index is 0.000000362. The van der Waals surface area contributed by atoms with Crippen LogP contribution in [-0.2, 0) is 0 Å². The number of phenolic OH excluding ortho intramolecular Hbond substituents is 1. The zero-order chi connectivity index (χ0) is 15.3. The van der Waals surface area contributed by atoms with Crippen molar-refractivity contribution < 1.29 is 30.0 Å². The summed E-state index contributed by atoms with van der Waals surface area (Å²) < 4.78 is 4.41. The number of aromatic hydroxyl groups is 1. The Morgan fingerprint density at radius 1 is 0.947 bits per heavy atom.